The van der Waals surface area contributed by atoms with Gasteiger partial charge >= 0.3 is 5.69 Å². The molecular formula is C23H33N5O. The molecule has 2 aliphatic heterocycles. The van der Waals surface area contributed by atoms with Gasteiger partial charge in [0.15, 0.2) is 0 Å². The molecule has 0 spiro atoms. The highest BCUT2D eigenvalue weighted by molar-refractivity contribution is 5.14. The van der Waals surface area contributed by atoms with Crippen LogP contribution in [0.4, 0.5) is 0 Å². The first-order chi connectivity index (χ1) is 14.3. The summed E-state index contributed by atoms with van der Waals surface area (Å²) in [6.45, 7) is 7.18. The summed E-state index contributed by atoms with van der Waals surface area (Å²) in [5, 5.41) is 4.67. The van der Waals surface area contributed by atoms with Crippen molar-refractivity contribution in [1.82, 2.24) is 24.1 Å². The van der Waals surface area contributed by atoms with Crippen molar-refractivity contribution in [2.75, 3.05) is 32.7 Å². The van der Waals surface area contributed by atoms with Crippen LogP contribution in [-0.2, 0) is 25.9 Å². The first-order valence-electron chi connectivity index (χ1n) is 11.4. The lowest BCUT2D eigenvalue weighted by molar-refractivity contribution is 0.110. The van der Waals surface area contributed by atoms with Gasteiger partial charge in [-0.3, -0.25) is 9.47 Å². The summed E-state index contributed by atoms with van der Waals surface area (Å²) in [6.07, 6.45) is 7.04. The van der Waals surface area contributed by atoms with Crippen LogP contribution in [0.5, 0.6) is 0 Å². The number of aromatic nitrogens is 3. The van der Waals surface area contributed by atoms with Crippen LogP contribution in [0.1, 0.15) is 37.1 Å². The predicted octanol–water partition coefficient (Wildman–Crippen LogP) is 2.02. The van der Waals surface area contributed by atoms with E-state index < -0.39 is 0 Å². The van der Waals surface area contributed by atoms with Crippen molar-refractivity contribution < 1.29 is 0 Å². The Morgan fingerprint density at radius 1 is 0.931 bits per heavy atom. The lowest BCUT2D eigenvalue weighted by atomic mass is 10.0. The van der Waals surface area contributed by atoms with Crippen molar-refractivity contribution in [2.24, 2.45) is 5.92 Å². The van der Waals surface area contributed by atoms with E-state index in [1.165, 1.54) is 44.3 Å². The van der Waals surface area contributed by atoms with Crippen molar-refractivity contribution >= 4 is 0 Å². The lowest BCUT2D eigenvalue weighted by Crippen LogP contribution is -2.46. The first-order valence-corrected chi connectivity index (χ1v) is 11.4. The average molecular weight is 396 g/mol. The number of benzene rings is 1. The van der Waals surface area contributed by atoms with Gasteiger partial charge in [0.1, 0.15) is 5.82 Å². The first kappa shape index (κ1) is 19.1. The summed E-state index contributed by atoms with van der Waals surface area (Å²) < 4.78 is 3.67. The van der Waals surface area contributed by atoms with Gasteiger partial charge in [0, 0.05) is 45.2 Å². The minimum Gasteiger partial charge on any atom is -0.303 e. The second-order valence-electron chi connectivity index (χ2n) is 9.07. The SMILES string of the molecule is O=c1n(CC2CC2)nc2n1CCN(C1CCN(CCc3ccccc3)CC1)CC2. The van der Waals surface area contributed by atoms with Crippen LogP contribution in [0.15, 0.2) is 35.1 Å². The molecule has 29 heavy (non-hydrogen) atoms. The zero-order chi connectivity index (χ0) is 19.6. The minimum absolute atomic E-state index is 0.115. The van der Waals surface area contributed by atoms with Crippen molar-refractivity contribution in [1.29, 1.82) is 0 Å². The molecule has 0 atom stereocenters. The Morgan fingerprint density at radius 2 is 1.72 bits per heavy atom. The Kier molecular flexibility index (Phi) is 5.55. The summed E-state index contributed by atoms with van der Waals surface area (Å²) in [5.74, 6) is 1.69. The molecule has 0 amide bonds. The van der Waals surface area contributed by atoms with Crippen LogP contribution < -0.4 is 5.69 Å². The Balaban J connectivity index is 1.11. The maximum atomic E-state index is 12.7. The Bertz CT molecular complexity index is 861. The Labute approximate surface area is 173 Å². The molecule has 1 saturated carbocycles. The zero-order valence-electron chi connectivity index (χ0n) is 17.4. The fourth-order valence-electron chi connectivity index (χ4n) is 4.95. The molecule has 1 aliphatic carbocycles. The number of nitrogens with zero attached hydrogens (tertiary/aromatic N) is 5. The van der Waals surface area contributed by atoms with Crippen molar-refractivity contribution in [3.05, 3.63) is 52.2 Å². The molecule has 6 nitrogen and oxygen atoms in total. The summed E-state index contributed by atoms with van der Waals surface area (Å²) in [4.78, 5) is 17.9. The predicted molar refractivity (Wildman–Crippen MR) is 114 cm³/mol. The van der Waals surface area contributed by atoms with E-state index in [1.807, 2.05) is 4.57 Å². The molecule has 1 aromatic heterocycles. The number of rotatable bonds is 6. The number of hydrogen-bond acceptors (Lipinski definition) is 4. The van der Waals surface area contributed by atoms with Gasteiger partial charge in [-0.15, -0.1) is 0 Å². The van der Waals surface area contributed by atoms with Gasteiger partial charge in [0.05, 0.1) is 0 Å². The molecule has 0 radical (unpaired) electrons. The highest BCUT2D eigenvalue weighted by Crippen LogP contribution is 2.30. The monoisotopic (exact) mass is 395 g/mol. The van der Waals surface area contributed by atoms with Crippen LogP contribution in [-0.4, -0.2) is 62.9 Å². The van der Waals surface area contributed by atoms with Gasteiger partial charge in [-0.1, -0.05) is 30.3 Å². The molecule has 3 heterocycles. The van der Waals surface area contributed by atoms with Crippen LogP contribution in [0, 0.1) is 5.92 Å². The fraction of sp³-hybridized carbons (Fsp3) is 0.652. The van der Waals surface area contributed by atoms with E-state index in [0.29, 0.717) is 12.0 Å². The topological polar surface area (TPSA) is 46.3 Å². The quantitative estimate of drug-likeness (QED) is 0.751. The summed E-state index contributed by atoms with van der Waals surface area (Å²) in [7, 11) is 0. The highest BCUT2D eigenvalue weighted by atomic mass is 16.2. The molecule has 0 bridgehead atoms. The molecule has 3 aliphatic rings. The van der Waals surface area contributed by atoms with Crippen molar-refractivity contribution in [3.8, 4) is 0 Å². The third kappa shape index (κ3) is 4.48. The largest absolute Gasteiger partial charge is 0.345 e. The second kappa shape index (κ2) is 8.44. The third-order valence-electron chi connectivity index (χ3n) is 6.99. The normalized spacial score (nSPS) is 21.8. The number of piperidine rings is 1. The van der Waals surface area contributed by atoms with E-state index in [0.717, 1.165) is 51.4 Å². The van der Waals surface area contributed by atoms with Gasteiger partial charge in [-0.2, -0.15) is 5.10 Å². The van der Waals surface area contributed by atoms with E-state index in [9.17, 15) is 4.79 Å². The van der Waals surface area contributed by atoms with E-state index in [-0.39, 0.29) is 5.69 Å². The van der Waals surface area contributed by atoms with Crippen LogP contribution in [0.3, 0.4) is 0 Å². The zero-order valence-corrected chi connectivity index (χ0v) is 17.4. The highest BCUT2D eigenvalue weighted by Gasteiger charge is 2.29. The van der Waals surface area contributed by atoms with Crippen molar-refractivity contribution in [2.45, 2.75) is 57.7 Å². The molecule has 5 rings (SSSR count). The fourth-order valence-corrected chi connectivity index (χ4v) is 4.95. The molecule has 1 saturated heterocycles. The van der Waals surface area contributed by atoms with Gasteiger partial charge in [0.25, 0.3) is 0 Å². The molecule has 2 aromatic rings. The number of fused-ring (bicyclic) bond motifs is 1. The van der Waals surface area contributed by atoms with Crippen molar-refractivity contribution in [3.63, 3.8) is 0 Å². The van der Waals surface area contributed by atoms with Crippen LogP contribution in [0.2, 0.25) is 0 Å². The second-order valence-corrected chi connectivity index (χ2v) is 9.07. The summed E-state index contributed by atoms with van der Waals surface area (Å²) >= 11 is 0. The van der Waals surface area contributed by atoms with Crippen LogP contribution in [0.25, 0.3) is 0 Å². The van der Waals surface area contributed by atoms with E-state index in [2.05, 4.69) is 45.2 Å². The standard InChI is InChI=1S/C23H33N5O/c29-23-27-17-16-26(15-11-22(27)24-28(23)18-20-6-7-20)21-9-13-25(14-10-21)12-8-19-4-2-1-3-5-19/h1-5,20-21H,6-18H2. The summed E-state index contributed by atoms with van der Waals surface area (Å²) in [6, 6.07) is 11.5. The van der Waals surface area contributed by atoms with Gasteiger partial charge < -0.3 is 4.90 Å². The van der Waals surface area contributed by atoms with E-state index in [1.54, 1.807) is 4.68 Å². The van der Waals surface area contributed by atoms with Gasteiger partial charge in [-0.05, 0) is 56.7 Å². The third-order valence-corrected chi connectivity index (χ3v) is 6.99. The maximum Gasteiger partial charge on any atom is 0.345 e. The van der Waals surface area contributed by atoms with Gasteiger partial charge in [0.2, 0.25) is 0 Å². The molecule has 0 unspecified atom stereocenters. The Morgan fingerprint density at radius 3 is 2.48 bits per heavy atom. The minimum atomic E-state index is 0.115. The molecule has 0 N–H and O–H groups in total. The average Bonchev–Trinajstić information content (AvgIpc) is 3.56. The molecule has 6 heteroatoms. The molecule has 2 fully saturated rings. The lowest BCUT2D eigenvalue weighted by Gasteiger charge is -2.38. The van der Waals surface area contributed by atoms with E-state index in [4.69, 9.17) is 0 Å². The Hall–Kier alpha value is -1.92. The van der Waals surface area contributed by atoms with Gasteiger partial charge in [-0.25, -0.2) is 9.48 Å². The summed E-state index contributed by atoms with van der Waals surface area (Å²) in [5.41, 5.74) is 1.55. The van der Waals surface area contributed by atoms with Crippen LogP contribution >= 0.6 is 0 Å². The molecule has 1 aromatic carbocycles. The number of hydrogen-bond donors (Lipinski definition) is 0. The molecule has 156 valence electrons. The molecular weight excluding hydrogens is 362 g/mol. The smallest absolute Gasteiger partial charge is 0.303 e. The number of likely N-dealkylation sites (tertiary alicyclic amines) is 1. The maximum absolute atomic E-state index is 12.7. The van der Waals surface area contributed by atoms with E-state index >= 15 is 0 Å².